The smallest absolute Gasteiger partial charge is 0.477 e. The summed E-state index contributed by atoms with van der Waals surface area (Å²) in [5.41, 5.74) is -6.15. The molecule has 6 nitrogen and oxygen atoms in total. The minimum atomic E-state index is -6.06. The van der Waals surface area contributed by atoms with Crippen LogP contribution >= 0.6 is 10.3 Å². The minimum absolute atomic E-state index is 0.0693. The molecule has 0 aliphatic heterocycles. The summed E-state index contributed by atoms with van der Waals surface area (Å²) in [4.78, 5) is 15.3. The number of alkyl halides is 3. The van der Waals surface area contributed by atoms with Crippen LogP contribution < -0.4 is 0 Å². The number of carboxylic acid groups (broad SMARTS) is 1. The number of aromatic carboxylic acids is 1. The van der Waals surface area contributed by atoms with Crippen LogP contribution in [0.1, 0.15) is 10.5 Å². The zero-order chi connectivity index (χ0) is 22.0. The van der Waals surface area contributed by atoms with E-state index in [1.807, 2.05) is 0 Å². The Morgan fingerprint density at radius 3 is 1.80 bits per heavy atom. The topological polar surface area (TPSA) is 93.6 Å². The minimum Gasteiger partial charge on any atom is -0.477 e. The average Bonchev–Trinajstić information content (AvgIpc) is 2.72. The first-order valence-electron chi connectivity index (χ1n) is 8.23. The van der Waals surface area contributed by atoms with Gasteiger partial charge in [0.15, 0.2) is 0 Å². The van der Waals surface area contributed by atoms with Gasteiger partial charge in [-0.2, -0.15) is 25.2 Å². The fourth-order valence-corrected chi connectivity index (χ4v) is 7.38. The lowest BCUT2D eigenvalue weighted by Gasteiger charge is -2.39. The van der Waals surface area contributed by atoms with E-state index >= 15 is 0 Å². The Labute approximate surface area is 171 Å². The molecule has 1 heterocycles. The van der Waals surface area contributed by atoms with Crippen molar-refractivity contribution in [3.63, 3.8) is 0 Å². The summed E-state index contributed by atoms with van der Waals surface area (Å²) in [5.74, 6) is -1.43. The van der Waals surface area contributed by atoms with Crippen molar-refractivity contribution in [2.24, 2.45) is 0 Å². The SMILES string of the molecule is O=C(O)c1cc(S(OS(=O)(=O)C(F)(F)F)(c2ccccc2)c2ccccc2)ccn1. The van der Waals surface area contributed by atoms with Gasteiger partial charge in [0.2, 0.25) is 0 Å². The zero-order valence-electron chi connectivity index (χ0n) is 15.0. The summed E-state index contributed by atoms with van der Waals surface area (Å²) >= 11 is 0. The monoisotopic (exact) mass is 457 g/mol. The van der Waals surface area contributed by atoms with E-state index in [0.29, 0.717) is 0 Å². The lowest BCUT2D eigenvalue weighted by atomic mass is 10.3. The van der Waals surface area contributed by atoms with Crippen molar-refractivity contribution in [2.45, 2.75) is 20.2 Å². The van der Waals surface area contributed by atoms with E-state index in [2.05, 4.69) is 4.98 Å². The highest BCUT2D eigenvalue weighted by Crippen LogP contribution is 2.70. The number of nitrogens with zero attached hydrogens (tertiary/aromatic N) is 1. The van der Waals surface area contributed by atoms with Crippen molar-refractivity contribution in [3.05, 3.63) is 84.7 Å². The van der Waals surface area contributed by atoms with Crippen molar-refractivity contribution < 1.29 is 35.1 Å². The first-order valence-corrected chi connectivity index (χ1v) is 11.2. The van der Waals surface area contributed by atoms with Crippen molar-refractivity contribution in [3.8, 4) is 0 Å². The molecule has 2 aromatic carbocycles. The summed E-state index contributed by atoms with van der Waals surface area (Å²) in [6, 6.07) is 17.2. The maximum absolute atomic E-state index is 13.3. The number of halogens is 3. The Bertz CT molecular complexity index is 1110. The van der Waals surface area contributed by atoms with E-state index in [9.17, 15) is 31.5 Å². The van der Waals surface area contributed by atoms with Crippen LogP contribution in [0.25, 0.3) is 0 Å². The second kappa shape index (κ2) is 8.09. The predicted octanol–water partition coefficient (Wildman–Crippen LogP) is 4.84. The molecule has 0 unspecified atom stereocenters. The lowest BCUT2D eigenvalue weighted by molar-refractivity contribution is -0.0496. The number of aromatic nitrogens is 1. The van der Waals surface area contributed by atoms with Crippen molar-refractivity contribution in [2.75, 3.05) is 0 Å². The first kappa shape index (κ1) is 21.8. The molecular formula is C19H14F3NO5S2. The number of pyridine rings is 1. The molecule has 3 aromatic rings. The molecule has 0 spiro atoms. The molecule has 0 aliphatic rings. The van der Waals surface area contributed by atoms with E-state index in [4.69, 9.17) is 3.63 Å². The fraction of sp³-hybridized carbons (Fsp3) is 0.0526. The molecule has 0 amide bonds. The number of hydrogen-bond donors (Lipinski definition) is 1. The van der Waals surface area contributed by atoms with Gasteiger partial charge in [-0.15, -0.1) is 0 Å². The maximum atomic E-state index is 13.3. The first-order chi connectivity index (χ1) is 14.1. The molecule has 0 radical (unpaired) electrons. The number of carboxylic acids is 1. The summed E-state index contributed by atoms with van der Waals surface area (Å²) in [6.07, 6.45) is 1.08. The second-order valence-electron chi connectivity index (χ2n) is 5.83. The van der Waals surface area contributed by atoms with Gasteiger partial charge in [0, 0.05) is 20.9 Å². The molecule has 30 heavy (non-hydrogen) atoms. The zero-order valence-corrected chi connectivity index (χ0v) is 16.6. The Morgan fingerprint density at radius 2 is 1.37 bits per heavy atom. The normalized spacial score (nSPS) is 13.0. The Hall–Kier alpha value is -2.89. The molecule has 0 atom stereocenters. The van der Waals surface area contributed by atoms with Crippen LogP contribution in [0, 0.1) is 0 Å². The summed E-state index contributed by atoms with van der Waals surface area (Å²) in [7, 11) is -9.60. The molecule has 3 rings (SSSR count). The van der Waals surface area contributed by atoms with Crippen molar-refractivity contribution >= 4 is 26.4 Å². The highest BCUT2D eigenvalue weighted by molar-refractivity contribution is 8.33. The molecule has 1 aromatic heterocycles. The van der Waals surface area contributed by atoms with E-state index in [1.165, 1.54) is 54.6 Å². The van der Waals surface area contributed by atoms with Crippen LogP contribution in [-0.2, 0) is 13.7 Å². The Morgan fingerprint density at radius 1 is 0.867 bits per heavy atom. The molecule has 0 bridgehead atoms. The molecule has 0 aliphatic carbocycles. The van der Waals surface area contributed by atoms with Gasteiger partial charge in [-0.25, -0.2) is 9.78 Å². The van der Waals surface area contributed by atoms with E-state index in [1.54, 1.807) is 12.1 Å². The molecule has 1 N–H and O–H groups in total. The van der Waals surface area contributed by atoms with Crippen LogP contribution in [0.2, 0.25) is 0 Å². The molecule has 158 valence electrons. The van der Waals surface area contributed by atoms with Crippen molar-refractivity contribution in [1.29, 1.82) is 0 Å². The van der Waals surface area contributed by atoms with Gasteiger partial charge in [-0.1, -0.05) is 36.4 Å². The third-order valence-electron chi connectivity index (χ3n) is 3.91. The van der Waals surface area contributed by atoms with Crippen molar-refractivity contribution in [1.82, 2.24) is 4.98 Å². The fourth-order valence-electron chi connectivity index (χ4n) is 2.63. The van der Waals surface area contributed by atoms with E-state index in [0.717, 1.165) is 12.3 Å². The lowest BCUT2D eigenvalue weighted by Crippen LogP contribution is -2.27. The van der Waals surface area contributed by atoms with Crippen LogP contribution in [0.4, 0.5) is 13.2 Å². The van der Waals surface area contributed by atoms with Crippen LogP contribution in [0.15, 0.2) is 93.7 Å². The number of rotatable bonds is 6. The van der Waals surface area contributed by atoms with Gasteiger partial charge in [0.1, 0.15) is 5.69 Å². The Kier molecular flexibility index (Phi) is 5.88. The number of carbonyl (C=O) groups is 1. The average molecular weight is 457 g/mol. The van der Waals surface area contributed by atoms with Gasteiger partial charge >= 0.3 is 21.6 Å². The largest absolute Gasteiger partial charge is 0.524 e. The molecule has 0 saturated heterocycles. The quantitative estimate of drug-likeness (QED) is 0.533. The standard InChI is InChI=1S/C19H14F3NO5S2/c20-19(21,22)30(26,27)28-29(14-7-3-1-4-8-14,15-9-5-2-6-10-15)16-11-12-23-17(13-16)18(24)25/h1-13H,(H,24,25). The highest BCUT2D eigenvalue weighted by atomic mass is 32.3. The maximum Gasteiger partial charge on any atom is 0.524 e. The number of hydrogen-bond acceptors (Lipinski definition) is 5. The van der Waals surface area contributed by atoms with Gasteiger partial charge in [-0.3, -0.25) is 0 Å². The van der Waals surface area contributed by atoms with Gasteiger partial charge < -0.3 is 5.11 Å². The molecule has 11 heteroatoms. The molecule has 0 fully saturated rings. The molecule has 0 saturated carbocycles. The van der Waals surface area contributed by atoms with Gasteiger partial charge in [0.05, 0.1) is 0 Å². The van der Waals surface area contributed by atoms with Gasteiger partial charge in [0.25, 0.3) is 0 Å². The second-order valence-corrected chi connectivity index (χ2v) is 10.3. The third-order valence-corrected chi connectivity index (χ3v) is 8.80. The van der Waals surface area contributed by atoms with Gasteiger partial charge in [-0.05, 0) is 46.7 Å². The van der Waals surface area contributed by atoms with E-state index in [-0.39, 0.29) is 14.7 Å². The van der Waals surface area contributed by atoms with E-state index < -0.39 is 37.6 Å². The van der Waals surface area contributed by atoms with Crippen LogP contribution in [0.5, 0.6) is 0 Å². The Balaban J connectivity index is 2.42. The summed E-state index contributed by atoms with van der Waals surface area (Å²) in [5, 5.41) is 9.29. The van der Waals surface area contributed by atoms with Crippen LogP contribution in [0.3, 0.4) is 0 Å². The predicted molar refractivity (Wildman–Crippen MR) is 103 cm³/mol. The highest BCUT2D eigenvalue weighted by Gasteiger charge is 2.52. The van der Waals surface area contributed by atoms with Crippen LogP contribution in [-0.4, -0.2) is 30.0 Å². The third kappa shape index (κ3) is 4.04. The summed E-state index contributed by atoms with van der Waals surface area (Å²) < 4.78 is 69.2. The molecular weight excluding hydrogens is 443 g/mol. The summed E-state index contributed by atoms with van der Waals surface area (Å²) in [6.45, 7) is 0. The number of benzene rings is 2.